The number of piperidine rings is 1. The van der Waals surface area contributed by atoms with Crippen LogP contribution in [0.2, 0.25) is 0 Å². The molecular weight excluding hydrogens is 328 g/mol. The van der Waals surface area contributed by atoms with Gasteiger partial charge >= 0.3 is 0 Å². The molecule has 5 heteroatoms. The Bertz CT molecular complexity index is 429. The topological polar surface area (TPSA) is 34.2 Å². The number of nitrogens with zero attached hydrogens (tertiary/aromatic N) is 2. The van der Waals surface area contributed by atoms with Crippen LogP contribution >= 0.6 is 0 Å². The largest absolute Gasteiger partial charge is 0.383 e. The highest BCUT2D eigenvalue weighted by Crippen LogP contribution is 2.45. The van der Waals surface area contributed by atoms with E-state index in [0.29, 0.717) is 11.3 Å². The molecule has 0 radical (unpaired) electrons. The van der Waals surface area contributed by atoms with E-state index in [-0.39, 0.29) is 0 Å². The van der Waals surface area contributed by atoms with Gasteiger partial charge in [0.15, 0.2) is 0 Å². The Labute approximate surface area is 159 Å². The van der Waals surface area contributed by atoms with Crippen LogP contribution in [-0.4, -0.2) is 88.7 Å². The zero-order valence-corrected chi connectivity index (χ0v) is 16.7. The van der Waals surface area contributed by atoms with E-state index in [0.717, 1.165) is 51.5 Å². The molecule has 4 aliphatic rings. The molecule has 1 spiro atoms. The van der Waals surface area contributed by atoms with Crippen LogP contribution in [0.5, 0.6) is 0 Å². The summed E-state index contributed by atoms with van der Waals surface area (Å²) in [6.45, 7) is 10.8. The molecule has 150 valence electrons. The second-order valence-electron chi connectivity index (χ2n) is 9.15. The molecule has 0 amide bonds. The van der Waals surface area contributed by atoms with Crippen molar-refractivity contribution in [2.24, 2.45) is 17.3 Å². The minimum Gasteiger partial charge on any atom is -0.383 e. The predicted molar refractivity (Wildman–Crippen MR) is 102 cm³/mol. The van der Waals surface area contributed by atoms with Gasteiger partial charge in [0.25, 0.3) is 0 Å². The van der Waals surface area contributed by atoms with E-state index in [2.05, 4.69) is 9.80 Å². The summed E-state index contributed by atoms with van der Waals surface area (Å²) in [7, 11) is 1.81. The molecule has 4 rings (SSSR count). The van der Waals surface area contributed by atoms with Crippen LogP contribution in [-0.2, 0) is 14.2 Å². The Morgan fingerprint density at radius 2 is 1.81 bits per heavy atom. The second kappa shape index (κ2) is 8.87. The molecule has 0 aromatic carbocycles. The van der Waals surface area contributed by atoms with E-state index < -0.39 is 0 Å². The third kappa shape index (κ3) is 4.61. The zero-order chi connectivity index (χ0) is 17.8. The maximum Gasteiger partial charge on any atom is 0.0589 e. The van der Waals surface area contributed by atoms with Gasteiger partial charge in [0.1, 0.15) is 0 Å². The molecule has 1 atom stereocenters. The number of hydrogen-bond acceptors (Lipinski definition) is 5. The summed E-state index contributed by atoms with van der Waals surface area (Å²) in [6.07, 6.45) is 7.89. The van der Waals surface area contributed by atoms with E-state index in [1.165, 1.54) is 64.7 Å². The van der Waals surface area contributed by atoms with Crippen LogP contribution in [0.3, 0.4) is 0 Å². The fourth-order valence-corrected chi connectivity index (χ4v) is 5.38. The molecule has 0 aromatic heterocycles. The number of hydrogen-bond donors (Lipinski definition) is 0. The molecule has 0 unspecified atom stereocenters. The Morgan fingerprint density at radius 3 is 2.50 bits per heavy atom. The molecule has 26 heavy (non-hydrogen) atoms. The molecule has 0 aromatic rings. The Hall–Kier alpha value is -0.200. The van der Waals surface area contributed by atoms with Crippen molar-refractivity contribution in [2.45, 2.75) is 44.6 Å². The van der Waals surface area contributed by atoms with Crippen molar-refractivity contribution in [2.75, 3.05) is 72.9 Å². The van der Waals surface area contributed by atoms with Crippen molar-refractivity contribution in [3.63, 3.8) is 0 Å². The Kier molecular flexibility index (Phi) is 6.53. The van der Waals surface area contributed by atoms with Gasteiger partial charge in [0.2, 0.25) is 0 Å². The van der Waals surface area contributed by atoms with E-state index in [1.54, 1.807) is 0 Å². The van der Waals surface area contributed by atoms with Gasteiger partial charge in [-0.1, -0.05) is 0 Å². The summed E-state index contributed by atoms with van der Waals surface area (Å²) >= 11 is 0. The molecule has 1 aliphatic carbocycles. The smallest absolute Gasteiger partial charge is 0.0589 e. The van der Waals surface area contributed by atoms with Gasteiger partial charge in [-0.15, -0.1) is 0 Å². The molecule has 4 fully saturated rings. The van der Waals surface area contributed by atoms with Crippen LogP contribution in [0.25, 0.3) is 0 Å². The minimum atomic E-state index is 0.471. The molecule has 0 N–H and O–H groups in total. The Morgan fingerprint density at radius 1 is 1.04 bits per heavy atom. The number of ether oxygens (including phenoxy) is 3. The van der Waals surface area contributed by atoms with E-state index in [9.17, 15) is 0 Å². The van der Waals surface area contributed by atoms with Gasteiger partial charge in [-0.05, 0) is 62.9 Å². The fourth-order valence-electron chi connectivity index (χ4n) is 5.38. The first-order chi connectivity index (χ1) is 12.8. The van der Waals surface area contributed by atoms with Crippen molar-refractivity contribution >= 4 is 0 Å². The zero-order valence-electron chi connectivity index (χ0n) is 16.7. The SMILES string of the molecule is COCCN1C[C@@H](COCC2CC2)C2(CCN(C3CCOCC3)CC2)C1. The highest BCUT2D eigenvalue weighted by atomic mass is 16.5. The first-order valence-corrected chi connectivity index (χ1v) is 10.9. The fraction of sp³-hybridized carbons (Fsp3) is 1.00. The summed E-state index contributed by atoms with van der Waals surface area (Å²) in [5, 5.41) is 0. The maximum atomic E-state index is 6.18. The summed E-state index contributed by atoms with van der Waals surface area (Å²) in [4.78, 5) is 5.40. The quantitative estimate of drug-likeness (QED) is 0.658. The first-order valence-electron chi connectivity index (χ1n) is 10.9. The summed E-state index contributed by atoms with van der Waals surface area (Å²) < 4.78 is 17.1. The summed E-state index contributed by atoms with van der Waals surface area (Å²) in [5.41, 5.74) is 0.471. The third-order valence-corrected chi connectivity index (χ3v) is 7.37. The van der Waals surface area contributed by atoms with Crippen LogP contribution in [0, 0.1) is 17.3 Å². The lowest BCUT2D eigenvalue weighted by atomic mass is 9.71. The van der Waals surface area contributed by atoms with Gasteiger partial charge in [0, 0.05) is 58.5 Å². The molecule has 5 nitrogen and oxygen atoms in total. The summed E-state index contributed by atoms with van der Waals surface area (Å²) in [5.74, 6) is 1.57. The van der Waals surface area contributed by atoms with Crippen molar-refractivity contribution in [1.29, 1.82) is 0 Å². The van der Waals surface area contributed by atoms with Crippen molar-refractivity contribution in [3.05, 3.63) is 0 Å². The summed E-state index contributed by atoms with van der Waals surface area (Å²) in [6, 6.07) is 0.761. The number of methoxy groups -OCH3 is 1. The van der Waals surface area contributed by atoms with E-state index in [4.69, 9.17) is 14.2 Å². The van der Waals surface area contributed by atoms with Gasteiger partial charge in [0.05, 0.1) is 13.2 Å². The van der Waals surface area contributed by atoms with Gasteiger partial charge in [-0.2, -0.15) is 0 Å². The lowest BCUT2D eigenvalue weighted by molar-refractivity contribution is -0.0165. The molecule has 1 saturated carbocycles. The highest BCUT2D eigenvalue weighted by Gasteiger charge is 2.48. The van der Waals surface area contributed by atoms with Crippen LogP contribution in [0.15, 0.2) is 0 Å². The van der Waals surface area contributed by atoms with Crippen LogP contribution < -0.4 is 0 Å². The second-order valence-corrected chi connectivity index (χ2v) is 9.15. The maximum absolute atomic E-state index is 6.18. The molecule has 3 aliphatic heterocycles. The lowest BCUT2D eigenvalue weighted by Crippen LogP contribution is -2.50. The standard InChI is InChI=1S/C21H38N2O3/c1-24-13-10-22-14-19(16-26-15-18-2-3-18)21(17-22)6-8-23(9-7-21)20-4-11-25-12-5-20/h18-20H,2-17H2,1H3/t19-/m0/s1. The van der Waals surface area contributed by atoms with Gasteiger partial charge in [-0.25, -0.2) is 0 Å². The van der Waals surface area contributed by atoms with Gasteiger partial charge < -0.3 is 24.0 Å². The third-order valence-electron chi connectivity index (χ3n) is 7.37. The lowest BCUT2D eigenvalue weighted by Gasteiger charge is -2.46. The molecule has 0 bridgehead atoms. The normalized spacial score (nSPS) is 31.0. The van der Waals surface area contributed by atoms with Crippen molar-refractivity contribution in [3.8, 4) is 0 Å². The highest BCUT2D eigenvalue weighted by molar-refractivity contribution is 5.00. The van der Waals surface area contributed by atoms with E-state index in [1.807, 2.05) is 7.11 Å². The first kappa shape index (κ1) is 19.1. The molecule has 3 saturated heterocycles. The number of likely N-dealkylation sites (tertiary alicyclic amines) is 2. The number of rotatable bonds is 8. The van der Waals surface area contributed by atoms with Gasteiger partial charge in [-0.3, -0.25) is 0 Å². The van der Waals surface area contributed by atoms with Crippen molar-refractivity contribution in [1.82, 2.24) is 9.80 Å². The monoisotopic (exact) mass is 366 g/mol. The minimum absolute atomic E-state index is 0.471. The average molecular weight is 367 g/mol. The predicted octanol–water partition coefficient (Wildman–Crippen LogP) is 2.25. The van der Waals surface area contributed by atoms with Crippen molar-refractivity contribution < 1.29 is 14.2 Å². The Balaban J connectivity index is 1.32. The average Bonchev–Trinajstić information content (AvgIpc) is 3.45. The van der Waals surface area contributed by atoms with Crippen LogP contribution in [0.1, 0.15) is 38.5 Å². The van der Waals surface area contributed by atoms with E-state index >= 15 is 0 Å². The van der Waals surface area contributed by atoms with Crippen LogP contribution in [0.4, 0.5) is 0 Å². The molecular formula is C21H38N2O3. The molecule has 3 heterocycles.